The monoisotopic (exact) mass is 472 g/mol. The molecule has 7 heteroatoms. The highest BCUT2D eigenvalue weighted by Crippen LogP contribution is 2.39. The first-order valence-corrected chi connectivity index (χ1v) is 12.4. The average Bonchev–Trinajstić information content (AvgIpc) is 3.44. The maximum atomic E-state index is 14.2. The number of benzene rings is 2. The first-order valence-electron chi connectivity index (χ1n) is 12.4. The summed E-state index contributed by atoms with van der Waals surface area (Å²) in [5.74, 6) is -0.635. The van der Waals surface area contributed by atoms with Gasteiger partial charge in [-0.25, -0.2) is 0 Å². The molecule has 5 rings (SSSR count). The predicted octanol–water partition coefficient (Wildman–Crippen LogP) is 4.38. The van der Waals surface area contributed by atoms with E-state index in [9.17, 15) is 14.4 Å². The third kappa shape index (κ3) is 4.09. The molecule has 2 heterocycles. The molecular formula is C28H32N4O3. The zero-order valence-corrected chi connectivity index (χ0v) is 20.6. The zero-order valence-electron chi connectivity index (χ0n) is 20.6. The maximum Gasteiger partial charge on any atom is 0.273 e. The molecule has 1 atom stereocenters. The van der Waals surface area contributed by atoms with E-state index in [1.165, 1.54) is 6.92 Å². The third-order valence-corrected chi connectivity index (χ3v) is 7.42. The molecule has 0 bridgehead atoms. The number of anilines is 1. The van der Waals surface area contributed by atoms with Gasteiger partial charge in [0.05, 0.1) is 17.7 Å². The number of rotatable bonds is 5. The van der Waals surface area contributed by atoms with Crippen LogP contribution in [0.5, 0.6) is 0 Å². The molecule has 1 aliphatic carbocycles. The Bertz CT molecular complexity index is 1300. The molecule has 182 valence electrons. The van der Waals surface area contributed by atoms with Crippen LogP contribution in [-0.2, 0) is 22.7 Å². The molecule has 1 aliphatic heterocycles. The summed E-state index contributed by atoms with van der Waals surface area (Å²) in [6.45, 7) is 5.93. The van der Waals surface area contributed by atoms with Crippen molar-refractivity contribution in [2.45, 2.75) is 71.1 Å². The number of para-hydroxylation sites is 1. The molecular weight excluding hydrogens is 440 g/mol. The van der Waals surface area contributed by atoms with Gasteiger partial charge in [-0.15, -0.1) is 0 Å². The second kappa shape index (κ2) is 8.87. The molecule has 0 saturated heterocycles. The molecule has 2 N–H and O–H groups in total. The summed E-state index contributed by atoms with van der Waals surface area (Å²) >= 11 is 0. The van der Waals surface area contributed by atoms with Crippen molar-refractivity contribution in [1.82, 2.24) is 14.8 Å². The van der Waals surface area contributed by atoms with Crippen LogP contribution in [0.1, 0.15) is 61.1 Å². The smallest absolute Gasteiger partial charge is 0.273 e. The summed E-state index contributed by atoms with van der Waals surface area (Å²) in [4.78, 5) is 41.8. The Morgan fingerprint density at radius 2 is 1.74 bits per heavy atom. The van der Waals surface area contributed by atoms with Gasteiger partial charge in [0.2, 0.25) is 11.8 Å². The predicted molar refractivity (Wildman–Crippen MR) is 136 cm³/mol. The number of hydrogen-bond donors (Lipinski definition) is 2. The highest BCUT2D eigenvalue weighted by molar-refractivity contribution is 6.14. The molecule has 3 aromatic rings. The Morgan fingerprint density at radius 3 is 2.43 bits per heavy atom. The molecule has 0 unspecified atom stereocenters. The van der Waals surface area contributed by atoms with E-state index in [1.807, 2.05) is 66.9 Å². The minimum Gasteiger partial charge on any atom is -0.351 e. The normalized spacial score (nSPS) is 20.2. The molecule has 0 radical (unpaired) electrons. The molecule has 2 aromatic carbocycles. The van der Waals surface area contributed by atoms with E-state index in [2.05, 4.69) is 10.6 Å². The lowest BCUT2D eigenvalue weighted by molar-refractivity contribution is -0.133. The minimum absolute atomic E-state index is 0.130. The number of carbonyl (C=O) groups is 3. The Hall–Kier alpha value is -3.61. The van der Waals surface area contributed by atoms with Crippen LogP contribution in [0.15, 0.2) is 48.5 Å². The van der Waals surface area contributed by atoms with Crippen LogP contribution in [0, 0.1) is 6.92 Å². The van der Waals surface area contributed by atoms with Crippen LogP contribution in [0.25, 0.3) is 10.9 Å². The second-order valence-electron chi connectivity index (χ2n) is 10.1. The fourth-order valence-electron chi connectivity index (χ4n) is 5.47. The second-order valence-corrected chi connectivity index (χ2v) is 10.1. The fourth-order valence-corrected chi connectivity index (χ4v) is 5.47. The van der Waals surface area contributed by atoms with Gasteiger partial charge < -0.3 is 20.1 Å². The van der Waals surface area contributed by atoms with Crippen LogP contribution in [0.2, 0.25) is 0 Å². The van der Waals surface area contributed by atoms with Crippen molar-refractivity contribution in [2.75, 3.05) is 5.32 Å². The molecule has 3 amide bonds. The Labute approximate surface area is 205 Å². The molecule has 7 nitrogen and oxygen atoms in total. The Kier molecular flexibility index (Phi) is 5.87. The highest BCUT2D eigenvalue weighted by atomic mass is 16.2. The van der Waals surface area contributed by atoms with E-state index in [1.54, 1.807) is 4.90 Å². The van der Waals surface area contributed by atoms with Crippen LogP contribution in [-0.4, -0.2) is 38.8 Å². The Morgan fingerprint density at radius 1 is 1.06 bits per heavy atom. The van der Waals surface area contributed by atoms with E-state index >= 15 is 0 Å². The molecule has 1 saturated carbocycles. The van der Waals surface area contributed by atoms with Gasteiger partial charge in [-0.05, 0) is 38.3 Å². The summed E-state index contributed by atoms with van der Waals surface area (Å²) in [6.07, 6.45) is 4.16. The van der Waals surface area contributed by atoms with Crippen molar-refractivity contribution in [3.63, 3.8) is 0 Å². The van der Waals surface area contributed by atoms with Crippen molar-refractivity contribution >= 4 is 34.3 Å². The largest absolute Gasteiger partial charge is 0.351 e. The van der Waals surface area contributed by atoms with Gasteiger partial charge in [0, 0.05) is 24.9 Å². The topological polar surface area (TPSA) is 83.4 Å². The van der Waals surface area contributed by atoms with E-state index in [4.69, 9.17) is 0 Å². The van der Waals surface area contributed by atoms with Gasteiger partial charge in [0.25, 0.3) is 5.91 Å². The highest BCUT2D eigenvalue weighted by Gasteiger charge is 2.49. The van der Waals surface area contributed by atoms with Crippen LogP contribution in [0.3, 0.4) is 0 Å². The first-order chi connectivity index (χ1) is 16.8. The van der Waals surface area contributed by atoms with Gasteiger partial charge >= 0.3 is 0 Å². The van der Waals surface area contributed by atoms with Crippen molar-refractivity contribution in [1.29, 1.82) is 0 Å². The Balaban J connectivity index is 1.63. The van der Waals surface area contributed by atoms with Gasteiger partial charge in [0.1, 0.15) is 11.2 Å². The maximum absolute atomic E-state index is 14.2. The number of nitrogens with zero attached hydrogens (tertiary/aromatic N) is 2. The van der Waals surface area contributed by atoms with E-state index in [-0.39, 0.29) is 23.8 Å². The number of aromatic nitrogens is 1. The van der Waals surface area contributed by atoms with E-state index in [0.717, 1.165) is 47.7 Å². The van der Waals surface area contributed by atoms with Crippen LogP contribution >= 0.6 is 0 Å². The quantitative estimate of drug-likeness (QED) is 0.578. The minimum atomic E-state index is -1.09. The van der Waals surface area contributed by atoms with Gasteiger partial charge in [0.15, 0.2) is 0 Å². The van der Waals surface area contributed by atoms with Gasteiger partial charge in [-0.2, -0.15) is 0 Å². The number of amides is 3. The SMILES string of the molecule is CC(=O)Nc1c2n(c3ccccc13)C[C@@](C)(C(=O)NC1CCCC1)N(Cc1ccc(C)cc1)C2=O. The molecule has 0 spiro atoms. The lowest BCUT2D eigenvalue weighted by atomic mass is 9.93. The molecule has 1 fully saturated rings. The number of nitrogens with one attached hydrogen (secondary N) is 2. The standard InChI is InChI=1S/C28H32N4O3/c1-18-12-14-20(15-13-18)16-32-26(34)25-24(29-19(2)33)22-10-6-7-11-23(22)31(25)17-28(32,3)27(35)30-21-8-4-5-9-21/h6-7,10-15,21H,4-5,8-9,16-17H2,1-3H3,(H,29,33)(H,30,35)/t28-/m0/s1. The summed E-state index contributed by atoms with van der Waals surface area (Å²) < 4.78 is 1.91. The molecule has 2 aliphatic rings. The number of aryl methyl sites for hydroxylation is 1. The lowest BCUT2D eigenvalue weighted by Crippen LogP contribution is -2.64. The van der Waals surface area contributed by atoms with E-state index < -0.39 is 5.54 Å². The van der Waals surface area contributed by atoms with Crippen molar-refractivity contribution in [3.8, 4) is 0 Å². The van der Waals surface area contributed by atoms with Gasteiger partial charge in [-0.1, -0.05) is 60.9 Å². The number of carbonyl (C=O) groups excluding carboxylic acids is 3. The average molecular weight is 473 g/mol. The summed E-state index contributed by atoms with van der Waals surface area (Å²) in [7, 11) is 0. The number of hydrogen-bond acceptors (Lipinski definition) is 3. The summed E-state index contributed by atoms with van der Waals surface area (Å²) in [6, 6.07) is 15.8. The molecule has 35 heavy (non-hydrogen) atoms. The zero-order chi connectivity index (χ0) is 24.7. The summed E-state index contributed by atoms with van der Waals surface area (Å²) in [5, 5.41) is 6.92. The number of fused-ring (bicyclic) bond motifs is 3. The van der Waals surface area contributed by atoms with Crippen LogP contribution < -0.4 is 10.6 Å². The fraction of sp³-hybridized carbons (Fsp3) is 0.393. The van der Waals surface area contributed by atoms with Gasteiger partial charge in [-0.3, -0.25) is 14.4 Å². The van der Waals surface area contributed by atoms with Crippen molar-refractivity contribution in [2.24, 2.45) is 0 Å². The lowest BCUT2D eigenvalue weighted by Gasteiger charge is -2.44. The van der Waals surface area contributed by atoms with Crippen molar-refractivity contribution < 1.29 is 14.4 Å². The summed E-state index contributed by atoms with van der Waals surface area (Å²) in [5.41, 5.74) is 2.75. The van der Waals surface area contributed by atoms with Crippen molar-refractivity contribution in [3.05, 3.63) is 65.4 Å². The third-order valence-electron chi connectivity index (χ3n) is 7.42. The van der Waals surface area contributed by atoms with Crippen LogP contribution in [0.4, 0.5) is 5.69 Å². The molecule has 1 aromatic heterocycles. The first kappa shape index (κ1) is 23.1. The van der Waals surface area contributed by atoms with E-state index in [0.29, 0.717) is 24.5 Å².